The second-order valence-corrected chi connectivity index (χ2v) is 11.7. The predicted molar refractivity (Wildman–Crippen MR) is 146 cm³/mol. The summed E-state index contributed by atoms with van der Waals surface area (Å²) in [7, 11) is 0. The van der Waals surface area contributed by atoms with Gasteiger partial charge in [-0.25, -0.2) is 4.79 Å². The van der Waals surface area contributed by atoms with E-state index in [2.05, 4.69) is 24.1 Å². The van der Waals surface area contributed by atoms with E-state index in [-0.39, 0.29) is 17.4 Å². The number of rotatable bonds is 5. The van der Waals surface area contributed by atoms with E-state index in [1.165, 1.54) is 0 Å². The Balaban J connectivity index is 1.70. The van der Waals surface area contributed by atoms with Crippen molar-refractivity contribution < 1.29 is 13.9 Å². The maximum absolute atomic E-state index is 13.2. The minimum Gasteiger partial charge on any atom is -0.456 e. The summed E-state index contributed by atoms with van der Waals surface area (Å²) in [5, 5.41) is 4.04. The van der Waals surface area contributed by atoms with Crippen LogP contribution in [0.3, 0.4) is 0 Å². The van der Waals surface area contributed by atoms with Gasteiger partial charge in [0.1, 0.15) is 11.2 Å². The minimum absolute atomic E-state index is 0.0395. The van der Waals surface area contributed by atoms with Crippen molar-refractivity contribution in [2.45, 2.75) is 73.0 Å². The van der Waals surface area contributed by atoms with Gasteiger partial charge in [-0.3, -0.25) is 4.79 Å². The number of anilines is 2. The molecular weight excluding hydrogens is 452 g/mol. The quantitative estimate of drug-likeness (QED) is 0.394. The number of benzene rings is 2. The second kappa shape index (κ2) is 9.64. The number of esters is 1. The lowest BCUT2D eigenvalue weighted by atomic mass is 9.83. The molecule has 0 saturated carbocycles. The smallest absolute Gasteiger partial charge is 0.340 e. The fraction of sp³-hybridized carbons (Fsp3) is 0.467. The molecule has 1 aliphatic rings. The standard InChI is InChI=1S/C30H38N2O4/c1-19-16-22(20(2)31-24-11-9-8-10-21(24)28(34)36-29(3,4)5)27-23(17-19)25(33)18-26(35-27)32-14-12-30(6,7)13-15-32/h8-11,16-18,20,31H,12-15H2,1-7H3. The third kappa shape index (κ3) is 5.75. The third-order valence-electron chi connectivity index (χ3n) is 6.80. The molecule has 0 radical (unpaired) electrons. The molecule has 1 aliphatic heterocycles. The molecule has 2 aromatic carbocycles. The molecule has 2 heterocycles. The predicted octanol–water partition coefficient (Wildman–Crippen LogP) is 6.86. The molecule has 1 atom stereocenters. The van der Waals surface area contributed by atoms with Crippen LogP contribution in [0.2, 0.25) is 0 Å². The SMILES string of the molecule is Cc1cc(C(C)Nc2ccccc2C(=O)OC(C)(C)C)c2oc(N3CCC(C)(C)CC3)cc(=O)c2c1. The number of nitrogens with one attached hydrogen (secondary N) is 1. The average Bonchev–Trinajstić information content (AvgIpc) is 2.78. The van der Waals surface area contributed by atoms with Crippen molar-refractivity contribution in [3.63, 3.8) is 0 Å². The topological polar surface area (TPSA) is 71.8 Å². The zero-order valence-corrected chi connectivity index (χ0v) is 22.5. The lowest BCUT2D eigenvalue weighted by Crippen LogP contribution is -2.37. The molecule has 1 N–H and O–H groups in total. The van der Waals surface area contributed by atoms with Gasteiger partial charge in [0, 0.05) is 30.4 Å². The molecule has 0 spiro atoms. The number of carbonyl (C=O) groups is 1. The molecular formula is C30H38N2O4. The van der Waals surface area contributed by atoms with Crippen LogP contribution in [0.5, 0.6) is 0 Å². The Morgan fingerprint density at radius 2 is 1.78 bits per heavy atom. The third-order valence-corrected chi connectivity index (χ3v) is 6.80. The van der Waals surface area contributed by atoms with Gasteiger partial charge < -0.3 is 19.4 Å². The monoisotopic (exact) mass is 490 g/mol. The van der Waals surface area contributed by atoms with Crippen molar-refractivity contribution >= 4 is 28.5 Å². The Hall–Kier alpha value is -3.28. The highest BCUT2D eigenvalue weighted by Crippen LogP contribution is 2.35. The first-order valence-corrected chi connectivity index (χ1v) is 12.8. The van der Waals surface area contributed by atoms with Crippen LogP contribution in [0.15, 0.2) is 51.7 Å². The number of aryl methyl sites for hydroxylation is 1. The number of carbonyl (C=O) groups excluding carboxylic acids is 1. The molecule has 6 heteroatoms. The van der Waals surface area contributed by atoms with Gasteiger partial charge in [0.05, 0.1) is 17.0 Å². The normalized spacial score (nSPS) is 16.6. The van der Waals surface area contributed by atoms with Crippen LogP contribution in [0.4, 0.5) is 11.6 Å². The molecule has 192 valence electrons. The summed E-state index contributed by atoms with van der Waals surface area (Å²) in [6.45, 7) is 15.8. The summed E-state index contributed by atoms with van der Waals surface area (Å²) in [4.78, 5) is 28.2. The van der Waals surface area contributed by atoms with Crippen LogP contribution in [0, 0.1) is 12.3 Å². The number of hydrogen-bond acceptors (Lipinski definition) is 6. The van der Waals surface area contributed by atoms with Gasteiger partial charge >= 0.3 is 5.97 Å². The summed E-state index contributed by atoms with van der Waals surface area (Å²) < 4.78 is 12.0. The number of para-hydroxylation sites is 1. The lowest BCUT2D eigenvalue weighted by Gasteiger charge is -2.37. The molecule has 1 fully saturated rings. The number of piperidine rings is 1. The van der Waals surface area contributed by atoms with Crippen LogP contribution in [-0.2, 0) is 4.74 Å². The highest BCUT2D eigenvalue weighted by Gasteiger charge is 2.27. The van der Waals surface area contributed by atoms with E-state index < -0.39 is 5.60 Å². The van der Waals surface area contributed by atoms with Crippen molar-refractivity contribution in [3.05, 3.63) is 69.4 Å². The van der Waals surface area contributed by atoms with Gasteiger partial charge in [0.2, 0.25) is 0 Å². The van der Waals surface area contributed by atoms with Gasteiger partial charge in [-0.1, -0.05) is 32.0 Å². The van der Waals surface area contributed by atoms with E-state index in [1.54, 1.807) is 12.1 Å². The van der Waals surface area contributed by atoms with E-state index >= 15 is 0 Å². The number of ether oxygens (including phenoxy) is 1. The van der Waals surface area contributed by atoms with Crippen molar-refractivity contribution in [2.75, 3.05) is 23.3 Å². The molecule has 1 unspecified atom stereocenters. The Bertz CT molecular complexity index is 1320. The van der Waals surface area contributed by atoms with Crippen LogP contribution < -0.4 is 15.6 Å². The second-order valence-electron chi connectivity index (χ2n) is 11.7. The van der Waals surface area contributed by atoms with E-state index in [1.807, 2.05) is 65.0 Å². The van der Waals surface area contributed by atoms with Crippen LogP contribution in [-0.4, -0.2) is 24.7 Å². The first-order valence-electron chi connectivity index (χ1n) is 12.8. The Kier molecular flexibility index (Phi) is 6.91. The van der Waals surface area contributed by atoms with Gasteiger partial charge in [0.25, 0.3) is 0 Å². The lowest BCUT2D eigenvalue weighted by molar-refractivity contribution is 0.00706. The van der Waals surface area contributed by atoms with Gasteiger partial charge in [-0.05, 0) is 76.6 Å². The molecule has 6 nitrogen and oxygen atoms in total. The number of hydrogen-bond donors (Lipinski definition) is 1. The first-order chi connectivity index (χ1) is 16.8. The molecule has 3 aromatic rings. The maximum Gasteiger partial charge on any atom is 0.340 e. The van der Waals surface area contributed by atoms with Crippen molar-refractivity contribution in [1.82, 2.24) is 0 Å². The van der Waals surface area contributed by atoms with Crippen molar-refractivity contribution in [1.29, 1.82) is 0 Å². The Morgan fingerprint density at radius 3 is 2.44 bits per heavy atom. The summed E-state index contributed by atoms with van der Waals surface area (Å²) >= 11 is 0. The Labute approximate surface area is 213 Å². The van der Waals surface area contributed by atoms with Crippen LogP contribution in [0.25, 0.3) is 11.0 Å². The van der Waals surface area contributed by atoms with E-state index in [0.717, 1.165) is 37.1 Å². The van der Waals surface area contributed by atoms with Crippen LogP contribution >= 0.6 is 0 Å². The van der Waals surface area contributed by atoms with Crippen molar-refractivity contribution in [3.8, 4) is 0 Å². The highest BCUT2D eigenvalue weighted by atomic mass is 16.6. The molecule has 36 heavy (non-hydrogen) atoms. The minimum atomic E-state index is -0.591. The molecule has 0 bridgehead atoms. The fourth-order valence-electron chi connectivity index (χ4n) is 4.66. The van der Waals surface area contributed by atoms with E-state index in [0.29, 0.717) is 33.5 Å². The molecule has 4 rings (SSSR count). The van der Waals surface area contributed by atoms with Gasteiger partial charge in [-0.15, -0.1) is 0 Å². The zero-order valence-electron chi connectivity index (χ0n) is 22.5. The molecule has 0 amide bonds. The zero-order chi connectivity index (χ0) is 26.3. The maximum atomic E-state index is 13.2. The summed E-state index contributed by atoms with van der Waals surface area (Å²) in [6.07, 6.45) is 2.10. The van der Waals surface area contributed by atoms with E-state index in [9.17, 15) is 9.59 Å². The summed E-state index contributed by atoms with van der Waals surface area (Å²) in [6, 6.07) is 12.7. The fourth-order valence-corrected chi connectivity index (χ4v) is 4.66. The number of fused-ring (bicyclic) bond motifs is 1. The largest absolute Gasteiger partial charge is 0.456 e. The Morgan fingerprint density at radius 1 is 1.11 bits per heavy atom. The average molecular weight is 491 g/mol. The number of nitrogens with zero attached hydrogens (tertiary/aromatic N) is 1. The summed E-state index contributed by atoms with van der Waals surface area (Å²) in [5.41, 5.74) is 3.25. The summed E-state index contributed by atoms with van der Waals surface area (Å²) in [5.74, 6) is 0.239. The van der Waals surface area contributed by atoms with Crippen molar-refractivity contribution in [2.24, 2.45) is 5.41 Å². The first kappa shape index (κ1) is 25.8. The van der Waals surface area contributed by atoms with E-state index in [4.69, 9.17) is 9.15 Å². The van der Waals surface area contributed by atoms with Gasteiger partial charge in [0.15, 0.2) is 11.3 Å². The molecule has 1 aromatic heterocycles. The molecule has 0 aliphatic carbocycles. The highest BCUT2D eigenvalue weighted by molar-refractivity contribution is 5.96. The molecule has 1 saturated heterocycles. The van der Waals surface area contributed by atoms with Crippen LogP contribution in [0.1, 0.15) is 81.9 Å². The van der Waals surface area contributed by atoms with Gasteiger partial charge in [-0.2, -0.15) is 0 Å².